The molecule has 0 saturated heterocycles. The van der Waals surface area contributed by atoms with Crippen molar-refractivity contribution in [3.05, 3.63) is 59.8 Å². The number of nitrogens with one attached hydrogen (secondary N) is 1. The fourth-order valence-corrected chi connectivity index (χ4v) is 2.43. The molecular formula is C20H16F6N6O. The largest absolute Gasteiger partial charge is 0.433 e. The van der Waals surface area contributed by atoms with Gasteiger partial charge < -0.3 is 10.4 Å². The molecule has 0 aromatic carbocycles. The molecule has 0 fully saturated rings. The molecule has 0 amide bonds. The Bertz CT molecular complexity index is 1170. The van der Waals surface area contributed by atoms with Crippen molar-refractivity contribution in [1.29, 1.82) is 0 Å². The molecular weight excluding hydrogens is 454 g/mol. The van der Waals surface area contributed by atoms with Gasteiger partial charge in [0, 0.05) is 11.9 Å². The lowest BCUT2D eigenvalue weighted by Gasteiger charge is -2.12. The molecule has 0 aliphatic rings. The molecule has 3 rings (SSSR count). The highest BCUT2D eigenvalue weighted by Gasteiger charge is 2.33. The van der Waals surface area contributed by atoms with Crippen molar-refractivity contribution in [3.63, 3.8) is 0 Å². The van der Waals surface area contributed by atoms with E-state index in [1.807, 2.05) is 0 Å². The summed E-state index contributed by atoms with van der Waals surface area (Å²) in [6, 6.07) is 5.08. The summed E-state index contributed by atoms with van der Waals surface area (Å²) in [7, 11) is 0. The molecule has 0 aliphatic heterocycles. The molecule has 0 radical (unpaired) electrons. The van der Waals surface area contributed by atoms with Crippen LogP contribution in [0.1, 0.15) is 31.1 Å². The molecule has 0 bridgehead atoms. The Morgan fingerprint density at radius 1 is 0.879 bits per heavy atom. The monoisotopic (exact) mass is 470 g/mol. The predicted octanol–water partition coefficient (Wildman–Crippen LogP) is 4.89. The summed E-state index contributed by atoms with van der Waals surface area (Å²) in [6.07, 6.45) is -5.86. The van der Waals surface area contributed by atoms with Crippen LogP contribution in [-0.2, 0) is 12.4 Å². The average molecular weight is 470 g/mol. The molecule has 0 spiro atoms. The predicted molar refractivity (Wildman–Crippen MR) is 106 cm³/mol. The van der Waals surface area contributed by atoms with Gasteiger partial charge in [0.05, 0.1) is 5.60 Å². The summed E-state index contributed by atoms with van der Waals surface area (Å²) in [4.78, 5) is 18.9. The van der Waals surface area contributed by atoms with Gasteiger partial charge in [0.25, 0.3) is 0 Å². The summed E-state index contributed by atoms with van der Waals surface area (Å²) >= 11 is 0. The maximum absolute atomic E-state index is 13.1. The maximum Gasteiger partial charge on any atom is 0.433 e. The van der Waals surface area contributed by atoms with Gasteiger partial charge in [-0.05, 0) is 50.3 Å². The third-order valence-corrected chi connectivity index (χ3v) is 3.87. The number of alkyl halides is 6. The van der Waals surface area contributed by atoms with Crippen molar-refractivity contribution in [2.45, 2.75) is 31.8 Å². The van der Waals surface area contributed by atoms with Crippen LogP contribution in [0.3, 0.4) is 0 Å². The molecule has 0 atom stereocenters. The number of hydrogen-bond donors (Lipinski definition) is 2. The van der Waals surface area contributed by atoms with Crippen LogP contribution in [0.5, 0.6) is 0 Å². The molecule has 0 aliphatic carbocycles. The molecule has 3 heterocycles. The van der Waals surface area contributed by atoms with E-state index in [2.05, 4.69) is 30.2 Å². The van der Waals surface area contributed by atoms with Crippen LogP contribution >= 0.6 is 0 Å². The number of anilines is 2. The van der Waals surface area contributed by atoms with Crippen molar-refractivity contribution < 1.29 is 31.4 Å². The van der Waals surface area contributed by atoms with Gasteiger partial charge >= 0.3 is 12.4 Å². The standard InChI is InChI=1S/C20H16F6N6O/c1-18(2,33)8-6-15-30-16(12-4-3-5-13(29-12)19(21,22)23)32-17(31-15)28-11-7-9-27-14(10-11)20(24,25)26/h3-10,33H,1-2H3,(H,27,28,30,31,32)/b8-6+. The van der Waals surface area contributed by atoms with Crippen molar-refractivity contribution in [3.8, 4) is 11.5 Å². The minimum atomic E-state index is -4.71. The molecule has 3 aromatic rings. The maximum atomic E-state index is 13.1. The number of rotatable bonds is 5. The molecule has 13 heteroatoms. The van der Waals surface area contributed by atoms with E-state index in [1.165, 1.54) is 38.1 Å². The van der Waals surface area contributed by atoms with Gasteiger partial charge in [-0.1, -0.05) is 6.07 Å². The fourth-order valence-electron chi connectivity index (χ4n) is 2.43. The summed E-state index contributed by atoms with van der Waals surface area (Å²) in [5.74, 6) is -0.595. The Morgan fingerprint density at radius 3 is 2.21 bits per heavy atom. The second-order valence-corrected chi connectivity index (χ2v) is 7.29. The minimum absolute atomic E-state index is 0.0658. The number of aliphatic hydroxyl groups is 1. The van der Waals surface area contributed by atoms with E-state index in [-0.39, 0.29) is 29.0 Å². The highest BCUT2D eigenvalue weighted by molar-refractivity contribution is 5.59. The first-order valence-electron chi connectivity index (χ1n) is 9.23. The highest BCUT2D eigenvalue weighted by atomic mass is 19.4. The van der Waals surface area contributed by atoms with Gasteiger partial charge in [-0.15, -0.1) is 0 Å². The lowest BCUT2D eigenvalue weighted by Crippen LogP contribution is -2.14. The fraction of sp³-hybridized carbons (Fsp3) is 0.250. The third-order valence-electron chi connectivity index (χ3n) is 3.87. The van der Waals surface area contributed by atoms with Crippen molar-refractivity contribution in [2.24, 2.45) is 0 Å². The van der Waals surface area contributed by atoms with Crippen LogP contribution in [0.25, 0.3) is 17.6 Å². The van der Waals surface area contributed by atoms with Gasteiger partial charge in [0.2, 0.25) is 5.95 Å². The second kappa shape index (κ2) is 8.73. The minimum Gasteiger partial charge on any atom is -0.386 e. The normalized spacial score (nSPS) is 12.9. The first-order chi connectivity index (χ1) is 15.2. The highest BCUT2D eigenvalue weighted by Crippen LogP contribution is 2.30. The van der Waals surface area contributed by atoms with E-state index in [9.17, 15) is 31.4 Å². The molecule has 0 saturated carbocycles. The summed E-state index contributed by atoms with van der Waals surface area (Å²) in [6.45, 7) is 2.93. The number of aromatic nitrogens is 5. The molecule has 174 valence electrons. The van der Waals surface area contributed by atoms with Crippen LogP contribution in [0.2, 0.25) is 0 Å². The van der Waals surface area contributed by atoms with Gasteiger partial charge in [0.1, 0.15) is 17.1 Å². The molecule has 2 N–H and O–H groups in total. The third kappa shape index (κ3) is 6.68. The average Bonchev–Trinajstić information content (AvgIpc) is 2.71. The second-order valence-electron chi connectivity index (χ2n) is 7.29. The van der Waals surface area contributed by atoms with Crippen molar-refractivity contribution >= 4 is 17.7 Å². The van der Waals surface area contributed by atoms with E-state index in [1.54, 1.807) is 0 Å². The molecule has 33 heavy (non-hydrogen) atoms. The first kappa shape index (κ1) is 24.0. The first-order valence-corrected chi connectivity index (χ1v) is 9.23. The zero-order valence-corrected chi connectivity index (χ0v) is 17.1. The summed E-state index contributed by atoms with van der Waals surface area (Å²) in [5.41, 5.74) is -3.90. The van der Waals surface area contributed by atoms with Crippen LogP contribution in [-0.4, -0.2) is 35.6 Å². The van der Waals surface area contributed by atoms with Crippen LogP contribution in [0.4, 0.5) is 38.0 Å². The molecule has 3 aromatic heterocycles. The number of pyridine rings is 2. The Hall–Kier alpha value is -3.61. The van der Waals surface area contributed by atoms with E-state index >= 15 is 0 Å². The SMILES string of the molecule is CC(C)(O)/C=C/c1nc(Nc2ccnc(C(F)(F)F)c2)nc(-c2cccc(C(F)(F)F)n2)n1. The van der Waals surface area contributed by atoms with E-state index < -0.39 is 29.3 Å². The topological polar surface area (TPSA) is 96.7 Å². The summed E-state index contributed by atoms with van der Waals surface area (Å²) in [5, 5.41) is 12.4. The molecule has 7 nitrogen and oxygen atoms in total. The van der Waals surface area contributed by atoms with Crippen LogP contribution in [0, 0.1) is 0 Å². The Labute approximate surface area is 183 Å². The number of halogens is 6. The molecule has 0 unspecified atom stereocenters. The van der Waals surface area contributed by atoms with E-state index in [4.69, 9.17) is 0 Å². The zero-order chi connectivity index (χ0) is 24.4. The summed E-state index contributed by atoms with van der Waals surface area (Å²) < 4.78 is 78.0. The van der Waals surface area contributed by atoms with Crippen molar-refractivity contribution in [2.75, 3.05) is 5.32 Å². The van der Waals surface area contributed by atoms with Crippen molar-refractivity contribution in [1.82, 2.24) is 24.9 Å². The van der Waals surface area contributed by atoms with Gasteiger partial charge in [-0.3, -0.25) is 4.98 Å². The number of nitrogens with zero attached hydrogens (tertiary/aromatic N) is 5. The quantitative estimate of drug-likeness (QED) is 0.513. The lowest BCUT2D eigenvalue weighted by atomic mass is 10.1. The van der Waals surface area contributed by atoms with Gasteiger partial charge in [0.15, 0.2) is 11.6 Å². The van der Waals surface area contributed by atoms with E-state index in [0.717, 1.165) is 24.4 Å². The van der Waals surface area contributed by atoms with E-state index in [0.29, 0.717) is 0 Å². The van der Waals surface area contributed by atoms with Gasteiger partial charge in [-0.2, -0.15) is 36.3 Å². The number of hydrogen-bond acceptors (Lipinski definition) is 7. The Morgan fingerprint density at radius 2 is 1.58 bits per heavy atom. The van der Waals surface area contributed by atoms with Crippen LogP contribution in [0.15, 0.2) is 42.6 Å². The zero-order valence-electron chi connectivity index (χ0n) is 17.1. The van der Waals surface area contributed by atoms with Crippen LogP contribution < -0.4 is 5.32 Å². The van der Waals surface area contributed by atoms with Gasteiger partial charge in [-0.25, -0.2) is 9.97 Å². The lowest BCUT2D eigenvalue weighted by molar-refractivity contribution is -0.141. The Balaban J connectivity index is 2.07. The Kier molecular flexibility index (Phi) is 6.36. The smallest absolute Gasteiger partial charge is 0.386 e.